The summed E-state index contributed by atoms with van der Waals surface area (Å²) in [5.41, 5.74) is 4.06. The molecule has 1 aliphatic rings. The first-order valence-corrected chi connectivity index (χ1v) is 6.30. The predicted octanol–water partition coefficient (Wildman–Crippen LogP) is 1.92. The highest BCUT2D eigenvalue weighted by molar-refractivity contribution is 5.85. The van der Waals surface area contributed by atoms with Crippen molar-refractivity contribution in [3.63, 3.8) is 0 Å². The lowest BCUT2D eigenvalue weighted by Gasteiger charge is -2.23. The van der Waals surface area contributed by atoms with Gasteiger partial charge in [0, 0.05) is 24.4 Å². The minimum absolute atomic E-state index is 0.0281. The fourth-order valence-electron chi connectivity index (χ4n) is 2.67. The lowest BCUT2D eigenvalue weighted by molar-refractivity contribution is 0.0788. The number of benzene rings is 1. The minimum Gasteiger partial charge on any atom is -0.376 e. The Bertz CT molecular complexity index is 532. The van der Waals surface area contributed by atoms with E-state index in [2.05, 4.69) is 28.6 Å². The van der Waals surface area contributed by atoms with Crippen LogP contribution in [0.15, 0.2) is 36.7 Å². The topological polar surface area (TPSA) is 60.2 Å². The fourth-order valence-corrected chi connectivity index (χ4v) is 2.67. The van der Waals surface area contributed by atoms with Crippen LogP contribution < -0.4 is 11.3 Å². The number of hydrazine groups is 1. The Morgan fingerprint density at radius 1 is 1.39 bits per heavy atom. The standard InChI is InChI=1S/C14H17N3O/c15-17-14(13-5-2-8-18-13)11-4-1-3-10-6-7-16-9-12(10)11/h1,3-4,6-7,9,13-14,17H,2,5,8,15H2. The molecule has 4 heteroatoms. The Kier molecular flexibility index (Phi) is 3.23. The molecule has 0 spiro atoms. The number of nitrogens with zero attached hydrogens (tertiary/aromatic N) is 1. The van der Waals surface area contributed by atoms with E-state index in [-0.39, 0.29) is 12.1 Å². The van der Waals surface area contributed by atoms with Gasteiger partial charge in [0.25, 0.3) is 0 Å². The maximum atomic E-state index is 5.75. The molecule has 0 radical (unpaired) electrons. The van der Waals surface area contributed by atoms with Gasteiger partial charge in [-0.05, 0) is 29.9 Å². The van der Waals surface area contributed by atoms with E-state index in [0.29, 0.717) is 0 Å². The molecule has 1 aliphatic heterocycles. The number of aromatic nitrogens is 1. The molecule has 0 aliphatic carbocycles. The fraction of sp³-hybridized carbons (Fsp3) is 0.357. The molecular formula is C14H17N3O. The summed E-state index contributed by atoms with van der Waals surface area (Å²) >= 11 is 0. The number of ether oxygens (including phenoxy) is 1. The molecular weight excluding hydrogens is 226 g/mol. The van der Waals surface area contributed by atoms with Crippen LogP contribution in [0.25, 0.3) is 10.8 Å². The van der Waals surface area contributed by atoms with E-state index in [1.807, 2.05) is 18.5 Å². The summed E-state index contributed by atoms with van der Waals surface area (Å²) in [4.78, 5) is 4.21. The predicted molar refractivity (Wildman–Crippen MR) is 70.8 cm³/mol. The number of nitrogens with one attached hydrogen (secondary N) is 1. The first-order chi connectivity index (χ1) is 8.90. The second-order valence-corrected chi connectivity index (χ2v) is 4.64. The average molecular weight is 243 g/mol. The Labute approximate surface area is 106 Å². The molecule has 18 heavy (non-hydrogen) atoms. The SMILES string of the molecule is NNC(c1cccc2ccncc12)C1CCCO1. The number of rotatable bonds is 3. The van der Waals surface area contributed by atoms with E-state index < -0.39 is 0 Å². The number of hydrogen-bond acceptors (Lipinski definition) is 4. The molecule has 0 amide bonds. The first-order valence-electron chi connectivity index (χ1n) is 6.30. The number of fused-ring (bicyclic) bond motifs is 1. The average Bonchev–Trinajstić information content (AvgIpc) is 2.94. The largest absolute Gasteiger partial charge is 0.376 e. The summed E-state index contributed by atoms with van der Waals surface area (Å²) < 4.78 is 5.75. The Balaban J connectivity index is 2.06. The summed E-state index contributed by atoms with van der Waals surface area (Å²) in [5, 5.41) is 2.32. The van der Waals surface area contributed by atoms with E-state index in [1.165, 1.54) is 5.39 Å². The Morgan fingerprint density at radius 2 is 2.33 bits per heavy atom. The van der Waals surface area contributed by atoms with Gasteiger partial charge >= 0.3 is 0 Å². The van der Waals surface area contributed by atoms with Crippen LogP contribution in [0.2, 0.25) is 0 Å². The molecule has 2 atom stereocenters. The van der Waals surface area contributed by atoms with Crippen molar-refractivity contribution in [1.82, 2.24) is 10.4 Å². The van der Waals surface area contributed by atoms with Crippen molar-refractivity contribution in [3.8, 4) is 0 Å². The molecule has 1 saturated heterocycles. The second-order valence-electron chi connectivity index (χ2n) is 4.64. The van der Waals surface area contributed by atoms with Gasteiger partial charge in [-0.2, -0.15) is 0 Å². The normalized spacial score (nSPS) is 21.3. The number of nitrogens with two attached hydrogens (primary N) is 1. The summed E-state index contributed by atoms with van der Waals surface area (Å²) in [5.74, 6) is 5.73. The quantitative estimate of drug-likeness (QED) is 0.638. The molecule has 3 rings (SSSR count). The van der Waals surface area contributed by atoms with Gasteiger partial charge in [-0.25, -0.2) is 0 Å². The summed E-state index contributed by atoms with van der Waals surface area (Å²) in [6, 6.07) is 8.28. The first kappa shape index (κ1) is 11.6. The molecule has 4 nitrogen and oxygen atoms in total. The highest BCUT2D eigenvalue weighted by Crippen LogP contribution is 2.30. The third kappa shape index (κ3) is 1.99. The van der Waals surface area contributed by atoms with Gasteiger partial charge in [-0.1, -0.05) is 18.2 Å². The number of pyridine rings is 1. The van der Waals surface area contributed by atoms with Gasteiger partial charge in [-0.3, -0.25) is 16.3 Å². The maximum Gasteiger partial charge on any atom is 0.0783 e. The van der Waals surface area contributed by atoms with Crippen LogP contribution >= 0.6 is 0 Å². The van der Waals surface area contributed by atoms with Crippen LogP contribution in [0.1, 0.15) is 24.4 Å². The molecule has 2 unspecified atom stereocenters. The second kappa shape index (κ2) is 5.02. The minimum atomic E-state index is 0.0281. The summed E-state index contributed by atoms with van der Waals surface area (Å²) in [6.07, 6.45) is 6.01. The molecule has 2 aromatic rings. The van der Waals surface area contributed by atoms with Crippen molar-refractivity contribution in [2.45, 2.75) is 25.0 Å². The van der Waals surface area contributed by atoms with Gasteiger partial charge in [0.05, 0.1) is 12.1 Å². The lowest BCUT2D eigenvalue weighted by Crippen LogP contribution is -2.36. The van der Waals surface area contributed by atoms with Crippen molar-refractivity contribution < 1.29 is 4.74 Å². The van der Waals surface area contributed by atoms with E-state index in [4.69, 9.17) is 10.6 Å². The van der Waals surface area contributed by atoms with Crippen LogP contribution in [0.5, 0.6) is 0 Å². The molecule has 0 bridgehead atoms. The Hall–Kier alpha value is -1.49. The lowest BCUT2D eigenvalue weighted by atomic mass is 9.95. The molecule has 1 fully saturated rings. The van der Waals surface area contributed by atoms with Crippen LogP contribution in [0, 0.1) is 0 Å². The Morgan fingerprint density at radius 3 is 3.11 bits per heavy atom. The zero-order chi connectivity index (χ0) is 12.4. The van der Waals surface area contributed by atoms with Crippen molar-refractivity contribution in [2.75, 3.05) is 6.61 Å². The highest BCUT2D eigenvalue weighted by atomic mass is 16.5. The zero-order valence-electron chi connectivity index (χ0n) is 10.2. The number of hydrogen-bond donors (Lipinski definition) is 2. The molecule has 1 aromatic carbocycles. The van der Waals surface area contributed by atoms with E-state index in [1.54, 1.807) is 0 Å². The van der Waals surface area contributed by atoms with Crippen LogP contribution in [-0.2, 0) is 4.74 Å². The maximum absolute atomic E-state index is 5.75. The van der Waals surface area contributed by atoms with Crippen molar-refractivity contribution in [1.29, 1.82) is 0 Å². The van der Waals surface area contributed by atoms with Gasteiger partial charge in [0.2, 0.25) is 0 Å². The monoisotopic (exact) mass is 243 g/mol. The van der Waals surface area contributed by atoms with Crippen LogP contribution in [-0.4, -0.2) is 17.7 Å². The van der Waals surface area contributed by atoms with Gasteiger partial charge in [-0.15, -0.1) is 0 Å². The third-order valence-electron chi connectivity index (χ3n) is 3.57. The van der Waals surface area contributed by atoms with Crippen molar-refractivity contribution in [3.05, 3.63) is 42.2 Å². The van der Waals surface area contributed by atoms with E-state index in [9.17, 15) is 0 Å². The molecule has 3 N–H and O–H groups in total. The van der Waals surface area contributed by atoms with Crippen LogP contribution in [0.3, 0.4) is 0 Å². The van der Waals surface area contributed by atoms with E-state index in [0.717, 1.165) is 30.4 Å². The molecule has 0 saturated carbocycles. The molecule has 1 aromatic heterocycles. The smallest absolute Gasteiger partial charge is 0.0783 e. The summed E-state index contributed by atoms with van der Waals surface area (Å²) in [7, 11) is 0. The molecule has 2 heterocycles. The van der Waals surface area contributed by atoms with E-state index >= 15 is 0 Å². The van der Waals surface area contributed by atoms with Crippen molar-refractivity contribution >= 4 is 10.8 Å². The highest BCUT2D eigenvalue weighted by Gasteiger charge is 2.27. The van der Waals surface area contributed by atoms with Crippen LogP contribution in [0.4, 0.5) is 0 Å². The van der Waals surface area contributed by atoms with Gasteiger partial charge in [0.15, 0.2) is 0 Å². The zero-order valence-corrected chi connectivity index (χ0v) is 10.2. The third-order valence-corrected chi connectivity index (χ3v) is 3.57. The van der Waals surface area contributed by atoms with Crippen molar-refractivity contribution in [2.24, 2.45) is 5.84 Å². The molecule has 94 valence electrons. The summed E-state index contributed by atoms with van der Waals surface area (Å²) in [6.45, 7) is 0.825. The van der Waals surface area contributed by atoms with Gasteiger partial charge in [0.1, 0.15) is 0 Å². The van der Waals surface area contributed by atoms with Gasteiger partial charge < -0.3 is 4.74 Å².